The molecule has 2 heterocycles. The van der Waals surface area contributed by atoms with Crippen LogP contribution in [0.3, 0.4) is 0 Å². The van der Waals surface area contributed by atoms with Crippen molar-refractivity contribution in [1.29, 1.82) is 0 Å². The minimum absolute atomic E-state index is 0.263. The maximum absolute atomic E-state index is 11.8. The lowest BCUT2D eigenvalue weighted by molar-refractivity contribution is 0.0944. The van der Waals surface area contributed by atoms with E-state index in [-0.39, 0.29) is 11.6 Å². The first-order chi connectivity index (χ1) is 9.29. The SMILES string of the molecule is CCNc1ccc(C(=O)NCc2ccccn2)nn1. The molecule has 0 bridgehead atoms. The number of nitrogens with zero attached hydrogens (tertiary/aromatic N) is 3. The third kappa shape index (κ3) is 3.74. The second kappa shape index (κ2) is 6.44. The standard InChI is InChI=1S/C13H15N5O/c1-2-14-12-7-6-11(17-18-12)13(19)16-9-10-5-3-4-8-15-10/h3-8H,2,9H2,1H3,(H,14,18)(H,16,19). The first-order valence-electron chi connectivity index (χ1n) is 6.05. The molecule has 0 aliphatic rings. The maximum Gasteiger partial charge on any atom is 0.272 e. The lowest BCUT2D eigenvalue weighted by Gasteiger charge is -2.04. The molecule has 19 heavy (non-hydrogen) atoms. The van der Waals surface area contributed by atoms with Crippen LogP contribution in [-0.4, -0.2) is 27.6 Å². The average Bonchev–Trinajstić information content (AvgIpc) is 2.47. The van der Waals surface area contributed by atoms with E-state index in [4.69, 9.17) is 0 Å². The number of aromatic nitrogens is 3. The van der Waals surface area contributed by atoms with Crippen LogP contribution >= 0.6 is 0 Å². The van der Waals surface area contributed by atoms with Crippen LogP contribution in [0.4, 0.5) is 5.82 Å². The first-order valence-corrected chi connectivity index (χ1v) is 6.05. The van der Waals surface area contributed by atoms with Gasteiger partial charge in [-0.05, 0) is 31.2 Å². The number of pyridine rings is 1. The van der Waals surface area contributed by atoms with Gasteiger partial charge < -0.3 is 10.6 Å². The predicted molar refractivity (Wildman–Crippen MR) is 71.6 cm³/mol. The molecule has 0 saturated heterocycles. The molecular weight excluding hydrogens is 242 g/mol. The fraction of sp³-hybridized carbons (Fsp3) is 0.231. The maximum atomic E-state index is 11.8. The molecule has 2 aromatic heterocycles. The summed E-state index contributed by atoms with van der Waals surface area (Å²) in [6.07, 6.45) is 1.69. The van der Waals surface area contributed by atoms with Crippen LogP contribution in [0.2, 0.25) is 0 Å². The van der Waals surface area contributed by atoms with E-state index in [9.17, 15) is 4.79 Å². The molecule has 6 heteroatoms. The largest absolute Gasteiger partial charge is 0.369 e. The summed E-state index contributed by atoms with van der Waals surface area (Å²) in [4.78, 5) is 15.9. The third-order valence-corrected chi connectivity index (χ3v) is 2.41. The number of anilines is 1. The molecule has 0 atom stereocenters. The third-order valence-electron chi connectivity index (χ3n) is 2.41. The van der Waals surface area contributed by atoms with E-state index < -0.39 is 0 Å². The number of hydrogen-bond donors (Lipinski definition) is 2. The summed E-state index contributed by atoms with van der Waals surface area (Å²) in [5, 5.41) is 13.5. The summed E-state index contributed by atoms with van der Waals surface area (Å²) in [6, 6.07) is 8.92. The highest BCUT2D eigenvalue weighted by atomic mass is 16.1. The normalized spacial score (nSPS) is 9.95. The van der Waals surface area contributed by atoms with E-state index in [0.29, 0.717) is 12.4 Å². The van der Waals surface area contributed by atoms with Gasteiger partial charge in [0.25, 0.3) is 5.91 Å². The van der Waals surface area contributed by atoms with E-state index in [0.717, 1.165) is 12.2 Å². The van der Waals surface area contributed by atoms with Crippen molar-refractivity contribution in [3.05, 3.63) is 47.9 Å². The molecule has 6 nitrogen and oxygen atoms in total. The Balaban J connectivity index is 1.92. The Morgan fingerprint density at radius 3 is 2.74 bits per heavy atom. The lowest BCUT2D eigenvalue weighted by Crippen LogP contribution is -2.24. The van der Waals surface area contributed by atoms with Crippen molar-refractivity contribution in [2.45, 2.75) is 13.5 Å². The second-order valence-corrected chi connectivity index (χ2v) is 3.84. The summed E-state index contributed by atoms with van der Waals surface area (Å²) in [7, 11) is 0. The van der Waals surface area contributed by atoms with Crippen LogP contribution in [0.5, 0.6) is 0 Å². The highest BCUT2D eigenvalue weighted by Gasteiger charge is 2.07. The zero-order chi connectivity index (χ0) is 13.5. The Bertz CT molecular complexity index is 526. The molecule has 0 unspecified atom stereocenters. The van der Waals surface area contributed by atoms with Gasteiger partial charge in [0.15, 0.2) is 5.69 Å². The van der Waals surface area contributed by atoms with Crippen LogP contribution in [0.25, 0.3) is 0 Å². The van der Waals surface area contributed by atoms with Crippen molar-refractivity contribution in [3.63, 3.8) is 0 Å². The van der Waals surface area contributed by atoms with Gasteiger partial charge in [-0.2, -0.15) is 0 Å². The molecule has 0 aromatic carbocycles. The molecule has 0 spiro atoms. The van der Waals surface area contributed by atoms with Gasteiger partial charge >= 0.3 is 0 Å². The molecule has 2 aromatic rings. The Kier molecular flexibility index (Phi) is 4.39. The van der Waals surface area contributed by atoms with Gasteiger partial charge in [-0.3, -0.25) is 9.78 Å². The lowest BCUT2D eigenvalue weighted by atomic mass is 10.3. The summed E-state index contributed by atoms with van der Waals surface area (Å²) in [6.45, 7) is 3.10. The highest BCUT2D eigenvalue weighted by Crippen LogP contribution is 2.01. The van der Waals surface area contributed by atoms with E-state index in [2.05, 4.69) is 25.8 Å². The van der Waals surface area contributed by atoms with Crippen LogP contribution in [0, 0.1) is 0 Å². The summed E-state index contributed by atoms with van der Waals surface area (Å²) >= 11 is 0. The van der Waals surface area contributed by atoms with Crippen molar-refractivity contribution in [2.24, 2.45) is 0 Å². The van der Waals surface area contributed by atoms with Crippen LogP contribution in [0.1, 0.15) is 23.1 Å². The van der Waals surface area contributed by atoms with E-state index in [1.165, 1.54) is 0 Å². The van der Waals surface area contributed by atoms with Crippen molar-refractivity contribution < 1.29 is 4.79 Å². The topological polar surface area (TPSA) is 79.8 Å². The van der Waals surface area contributed by atoms with Crippen molar-refractivity contribution >= 4 is 11.7 Å². The molecular formula is C13H15N5O. The summed E-state index contributed by atoms with van der Waals surface area (Å²) in [5.41, 5.74) is 1.09. The van der Waals surface area contributed by atoms with Crippen LogP contribution in [-0.2, 0) is 6.54 Å². The number of carbonyl (C=O) groups excluding carboxylic acids is 1. The minimum Gasteiger partial charge on any atom is -0.369 e. The molecule has 98 valence electrons. The van der Waals surface area contributed by atoms with Gasteiger partial charge in [0.1, 0.15) is 5.82 Å². The van der Waals surface area contributed by atoms with Gasteiger partial charge in [0.2, 0.25) is 0 Å². The van der Waals surface area contributed by atoms with E-state index >= 15 is 0 Å². The Hall–Kier alpha value is -2.50. The monoisotopic (exact) mass is 257 g/mol. The van der Waals surface area contributed by atoms with Gasteiger partial charge in [-0.15, -0.1) is 10.2 Å². The zero-order valence-corrected chi connectivity index (χ0v) is 10.6. The van der Waals surface area contributed by atoms with E-state index in [1.54, 1.807) is 18.3 Å². The Morgan fingerprint density at radius 2 is 2.11 bits per heavy atom. The number of amides is 1. The van der Waals surface area contributed by atoms with Gasteiger partial charge in [0, 0.05) is 12.7 Å². The smallest absolute Gasteiger partial charge is 0.272 e. The minimum atomic E-state index is -0.263. The number of hydrogen-bond acceptors (Lipinski definition) is 5. The summed E-state index contributed by atoms with van der Waals surface area (Å²) in [5.74, 6) is 0.393. The first kappa shape index (κ1) is 12.9. The van der Waals surface area contributed by atoms with E-state index in [1.807, 2.05) is 25.1 Å². The molecule has 1 amide bonds. The molecule has 2 N–H and O–H groups in total. The quantitative estimate of drug-likeness (QED) is 0.842. The van der Waals surface area contributed by atoms with Gasteiger partial charge in [-0.25, -0.2) is 0 Å². The average molecular weight is 257 g/mol. The second-order valence-electron chi connectivity index (χ2n) is 3.84. The number of nitrogens with one attached hydrogen (secondary N) is 2. The number of rotatable bonds is 5. The molecule has 0 aliphatic heterocycles. The van der Waals surface area contributed by atoms with Gasteiger partial charge in [0.05, 0.1) is 12.2 Å². The van der Waals surface area contributed by atoms with Crippen molar-refractivity contribution in [1.82, 2.24) is 20.5 Å². The predicted octanol–water partition coefficient (Wildman–Crippen LogP) is 1.23. The molecule has 0 radical (unpaired) electrons. The summed E-state index contributed by atoms with van der Waals surface area (Å²) < 4.78 is 0. The molecule has 0 fully saturated rings. The highest BCUT2D eigenvalue weighted by molar-refractivity contribution is 5.92. The zero-order valence-electron chi connectivity index (χ0n) is 10.6. The van der Waals surface area contributed by atoms with Crippen molar-refractivity contribution in [2.75, 3.05) is 11.9 Å². The Morgan fingerprint density at radius 1 is 1.21 bits per heavy atom. The fourth-order valence-corrected chi connectivity index (χ4v) is 1.49. The number of carbonyl (C=O) groups is 1. The van der Waals surface area contributed by atoms with Gasteiger partial charge in [-0.1, -0.05) is 6.07 Å². The van der Waals surface area contributed by atoms with Crippen molar-refractivity contribution in [3.8, 4) is 0 Å². The fourth-order valence-electron chi connectivity index (χ4n) is 1.49. The molecule has 0 aliphatic carbocycles. The van der Waals surface area contributed by atoms with Crippen LogP contribution in [0.15, 0.2) is 36.5 Å². The molecule has 2 rings (SSSR count). The van der Waals surface area contributed by atoms with Crippen LogP contribution < -0.4 is 10.6 Å². The molecule has 0 saturated carbocycles. The Labute approximate surface area is 111 Å².